The summed E-state index contributed by atoms with van der Waals surface area (Å²) in [6.45, 7) is 12.1. The third kappa shape index (κ3) is 9.46. The van der Waals surface area contributed by atoms with E-state index in [1.165, 1.54) is 5.69 Å². The molecule has 4 N–H and O–H groups in total. The Morgan fingerprint density at radius 2 is 1.77 bits per heavy atom. The summed E-state index contributed by atoms with van der Waals surface area (Å²) < 4.78 is 5.22. The summed E-state index contributed by atoms with van der Waals surface area (Å²) in [5.41, 5.74) is 1.86. The van der Waals surface area contributed by atoms with E-state index >= 15 is 0 Å². The van der Waals surface area contributed by atoms with E-state index in [1.807, 2.05) is 27.7 Å². The maximum Gasteiger partial charge on any atom is 0.407 e. The summed E-state index contributed by atoms with van der Waals surface area (Å²) >= 11 is 0. The summed E-state index contributed by atoms with van der Waals surface area (Å²) in [5, 5.41) is 18.5. The number of aliphatic hydroxyl groups is 1. The second-order valence-electron chi connectivity index (χ2n) is 8.83. The number of nitrogens with zero attached hydrogens (tertiary/aromatic N) is 2. The summed E-state index contributed by atoms with van der Waals surface area (Å²) in [6.07, 6.45) is 1.67. The highest BCUT2D eigenvalue weighted by molar-refractivity contribution is 5.79. The van der Waals surface area contributed by atoms with Crippen LogP contribution in [0.5, 0.6) is 0 Å². The van der Waals surface area contributed by atoms with Crippen molar-refractivity contribution in [1.29, 1.82) is 0 Å². The number of ether oxygens (including phenoxy) is 1. The number of benzene rings is 1. The molecular weight excluding hydrogens is 394 g/mol. The van der Waals surface area contributed by atoms with E-state index < -0.39 is 11.7 Å². The molecule has 1 aliphatic rings. The second kappa shape index (κ2) is 12.4. The standard InChI is InChI=1S/C23H39N5O3/c1-5-24-21(25-12-13-26-22(30)31-23(2,3)4)27-16-18-6-8-20(9-7-18)28-14-10-19(17-29)11-15-28/h6-9,19,29H,5,10-17H2,1-4H3,(H,26,30)(H2,24,25,27). The van der Waals surface area contributed by atoms with Crippen molar-refractivity contribution < 1.29 is 14.6 Å². The van der Waals surface area contributed by atoms with Gasteiger partial charge in [-0.15, -0.1) is 0 Å². The monoisotopic (exact) mass is 433 g/mol. The molecule has 0 bridgehead atoms. The van der Waals surface area contributed by atoms with Gasteiger partial charge >= 0.3 is 6.09 Å². The Morgan fingerprint density at radius 3 is 2.35 bits per heavy atom. The molecule has 0 saturated carbocycles. The summed E-state index contributed by atoms with van der Waals surface area (Å²) in [6, 6.07) is 8.53. The predicted octanol–water partition coefficient (Wildman–Crippen LogP) is 2.48. The fraction of sp³-hybridized carbons (Fsp3) is 0.652. The average molecular weight is 434 g/mol. The first-order chi connectivity index (χ1) is 14.8. The van der Waals surface area contributed by atoms with Crippen LogP contribution in [-0.4, -0.2) is 62.1 Å². The highest BCUT2D eigenvalue weighted by atomic mass is 16.6. The molecule has 1 saturated heterocycles. The topological polar surface area (TPSA) is 98.2 Å². The van der Waals surface area contributed by atoms with Gasteiger partial charge in [-0.1, -0.05) is 12.1 Å². The third-order valence-corrected chi connectivity index (χ3v) is 5.02. The number of aliphatic hydroxyl groups excluding tert-OH is 1. The fourth-order valence-electron chi connectivity index (χ4n) is 3.36. The van der Waals surface area contributed by atoms with Crippen molar-refractivity contribution in [2.75, 3.05) is 44.2 Å². The van der Waals surface area contributed by atoms with Gasteiger partial charge in [-0.25, -0.2) is 9.79 Å². The molecule has 8 nitrogen and oxygen atoms in total. The number of piperidine rings is 1. The number of hydrogen-bond donors (Lipinski definition) is 4. The molecule has 0 aliphatic carbocycles. The summed E-state index contributed by atoms with van der Waals surface area (Å²) in [5.74, 6) is 1.16. The van der Waals surface area contributed by atoms with Gasteiger partial charge in [0, 0.05) is 45.0 Å². The number of rotatable bonds is 8. The van der Waals surface area contributed by atoms with E-state index in [0.717, 1.165) is 38.0 Å². The van der Waals surface area contributed by atoms with Crippen molar-refractivity contribution in [3.05, 3.63) is 29.8 Å². The lowest BCUT2D eigenvalue weighted by Crippen LogP contribution is -2.42. The Morgan fingerprint density at radius 1 is 1.13 bits per heavy atom. The molecule has 0 radical (unpaired) electrons. The van der Waals surface area contributed by atoms with Crippen molar-refractivity contribution in [3.63, 3.8) is 0 Å². The van der Waals surface area contributed by atoms with Crippen LogP contribution in [0.15, 0.2) is 29.3 Å². The zero-order valence-electron chi connectivity index (χ0n) is 19.4. The molecule has 0 spiro atoms. The van der Waals surface area contributed by atoms with Gasteiger partial charge in [0.15, 0.2) is 5.96 Å². The van der Waals surface area contributed by atoms with E-state index in [9.17, 15) is 9.90 Å². The Kier molecular flexibility index (Phi) is 9.91. The number of guanidine groups is 1. The van der Waals surface area contributed by atoms with Gasteiger partial charge in [-0.2, -0.15) is 0 Å². The van der Waals surface area contributed by atoms with Crippen LogP contribution in [0.2, 0.25) is 0 Å². The molecule has 0 aromatic heterocycles. The highest BCUT2D eigenvalue weighted by Crippen LogP contribution is 2.23. The maximum atomic E-state index is 11.7. The zero-order chi connectivity index (χ0) is 22.7. The minimum Gasteiger partial charge on any atom is -0.444 e. The molecule has 1 aromatic rings. The predicted molar refractivity (Wildman–Crippen MR) is 126 cm³/mol. The van der Waals surface area contributed by atoms with Gasteiger partial charge in [-0.05, 0) is 64.2 Å². The molecule has 174 valence electrons. The minimum absolute atomic E-state index is 0.296. The number of carbonyl (C=O) groups is 1. The molecule has 1 aliphatic heterocycles. The fourth-order valence-corrected chi connectivity index (χ4v) is 3.36. The van der Waals surface area contributed by atoms with Gasteiger partial charge in [0.2, 0.25) is 0 Å². The second-order valence-corrected chi connectivity index (χ2v) is 8.83. The first-order valence-corrected chi connectivity index (χ1v) is 11.2. The molecule has 2 rings (SSSR count). The van der Waals surface area contributed by atoms with Crippen LogP contribution in [0, 0.1) is 5.92 Å². The van der Waals surface area contributed by atoms with Crippen molar-refractivity contribution in [3.8, 4) is 0 Å². The van der Waals surface area contributed by atoms with Crippen LogP contribution in [0.4, 0.5) is 10.5 Å². The minimum atomic E-state index is -0.501. The lowest BCUT2D eigenvalue weighted by atomic mass is 9.97. The molecular formula is C23H39N5O3. The van der Waals surface area contributed by atoms with Crippen LogP contribution >= 0.6 is 0 Å². The van der Waals surface area contributed by atoms with Crippen LogP contribution in [0.1, 0.15) is 46.1 Å². The van der Waals surface area contributed by atoms with E-state index in [1.54, 1.807) is 0 Å². The molecule has 0 unspecified atom stereocenters. The Balaban J connectivity index is 1.78. The zero-order valence-corrected chi connectivity index (χ0v) is 19.4. The number of aliphatic imine (C=N–C) groups is 1. The molecule has 1 aromatic carbocycles. The van der Waals surface area contributed by atoms with Crippen molar-refractivity contribution in [2.24, 2.45) is 10.9 Å². The summed E-state index contributed by atoms with van der Waals surface area (Å²) in [4.78, 5) is 18.7. The van der Waals surface area contributed by atoms with Crippen molar-refractivity contribution >= 4 is 17.7 Å². The van der Waals surface area contributed by atoms with Crippen molar-refractivity contribution in [2.45, 2.75) is 52.7 Å². The average Bonchev–Trinajstić information content (AvgIpc) is 2.74. The number of carbonyl (C=O) groups excluding carboxylic acids is 1. The third-order valence-electron chi connectivity index (χ3n) is 5.02. The molecule has 0 atom stereocenters. The van der Waals surface area contributed by atoms with Gasteiger partial charge in [-0.3, -0.25) is 0 Å². The first kappa shape index (κ1) is 24.8. The lowest BCUT2D eigenvalue weighted by Gasteiger charge is -2.32. The van der Waals surface area contributed by atoms with Gasteiger partial charge < -0.3 is 30.7 Å². The SMILES string of the molecule is CCNC(=NCc1ccc(N2CCC(CO)CC2)cc1)NCCNC(=O)OC(C)(C)C. The number of nitrogens with one attached hydrogen (secondary N) is 3. The van der Waals surface area contributed by atoms with Crippen LogP contribution in [0.3, 0.4) is 0 Å². The Hall–Kier alpha value is -2.48. The smallest absolute Gasteiger partial charge is 0.407 e. The van der Waals surface area contributed by atoms with E-state index in [0.29, 0.717) is 38.1 Å². The number of hydrogen-bond acceptors (Lipinski definition) is 5. The first-order valence-electron chi connectivity index (χ1n) is 11.2. The van der Waals surface area contributed by atoms with Gasteiger partial charge in [0.1, 0.15) is 5.60 Å². The quantitative estimate of drug-likeness (QED) is 0.286. The lowest BCUT2D eigenvalue weighted by molar-refractivity contribution is 0.0529. The normalized spacial score (nSPS) is 15.5. The number of anilines is 1. The van der Waals surface area contributed by atoms with Gasteiger partial charge in [0.25, 0.3) is 0 Å². The maximum absolute atomic E-state index is 11.7. The van der Waals surface area contributed by atoms with E-state index in [2.05, 4.69) is 50.1 Å². The molecule has 1 fully saturated rings. The highest BCUT2D eigenvalue weighted by Gasteiger charge is 2.18. The largest absolute Gasteiger partial charge is 0.444 e. The van der Waals surface area contributed by atoms with Gasteiger partial charge in [0.05, 0.1) is 6.54 Å². The summed E-state index contributed by atoms with van der Waals surface area (Å²) in [7, 11) is 0. The number of amides is 1. The van der Waals surface area contributed by atoms with Crippen LogP contribution in [-0.2, 0) is 11.3 Å². The Labute approximate surface area is 186 Å². The van der Waals surface area contributed by atoms with E-state index in [4.69, 9.17) is 4.74 Å². The molecule has 1 heterocycles. The van der Waals surface area contributed by atoms with Crippen molar-refractivity contribution in [1.82, 2.24) is 16.0 Å². The Bertz CT molecular complexity index is 692. The van der Waals surface area contributed by atoms with E-state index in [-0.39, 0.29) is 0 Å². The van der Waals surface area contributed by atoms with Crippen LogP contribution < -0.4 is 20.9 Å². The number of alkyl carbamates (subject to hydrolysis) is 1. The molecule has 8 heteroatoms. The molecule has 1 amide bonds. The van der Waals surface area contributed by atoms with Crippen LogP contribution in [0.25, 0.3) is 0 Å². The molecule has 31 heavy (non-hydrogen) atoms.